The Bertz CT molecular complexity index is 387. The zero-order valence-corrected chi connectivity index (χ0v) is 12.1. The SMILES string of the molecule is CC(=O)NCCN(C(=O)CSCC(=O)O)C(C)C(=O)O. The number of carboxylic acid groups (broad SMARTS) is 2. The minimum Gasteiger partial charge on any atom is -0.481 e. The van der Waals surface area contributed by atoms with Gasteiger partial charge in [-0.3, -0.25) is 14.4 Å². The van der Waals surface area contributed by atoms with Crippen molar-refractivity contribution in [3.63, 3.8) is 0 Å². The van der Waals surface area contributed by atoms with Gasteiger partial charge in [0.1, 0.15) is 6.04 Å². The molecule has 0 heterocycles. The first-order valence-corrected chi connectivity index (χ1v) is 6.97. The average Bonchev–Trinajstić information content (AvgIpc) is 2.32. The zero-order chi connectivity index (χ0) is 15.7. The van der Waals surface area contributed by atoms with Gasteiger partial charge < -0.3 is 20.4 Å². The topological polar surface area (TPSA) is 124 Å². The second-order valence-corrected chi connectivity index (χ2v) is 4.96. The molecule has 1 unspecified atom stereocenters. The van der Waals surface area contributed by atoms with E-state index in [-0.39, 0.29) is 30.5 Å². The van der Waals surface area contributed by atoms with E-state index in [0.29, 0.717) is 0 Å². The van der Waals surface area contributed by atoms with Crippen LogP contribution in [0.4, 0.5) is 0 Å². The van der Waals surface area contributed by atoms with Crippen LogP contribution in [-0.4, -0.2) is 69.5 Å². The van der Waals surface area contributed by atoms with Gasteiger partial charge in [-0.25, -0.2) is 4.79 Å². The van der Waals surface area contributed by atoms with Crippen LogP contribution in [-0.2, 0) is 19.2 Å². The molecule has 0 fully saturated rings. The average molecular weight is 306 g/mol. The fraction of sp³-hybridized carbons (Fsp3) is 0.636. The highest BCUT2D eigenvalue weighted by atomic mass is 32.2. The maximum atomic E-state index is 11.9. The maximum absolute atomic E-state index is 11.9. The first-order valence-electron chi connectivity index (χ1n) is 5.82. The summed E-state index contributed by atoms with van der Waals surface area (Å²) in [6.45, 7) is 2.87. The fourth-order valence-electron chi connectivity index (χ4n) is 1.33. The van der Waals surface area contributed by atoms with Crippen LogP contribution in [0.15, 0.2) is 0 Å². The fourth-order valence-corrected chi connectivity index (χ4v) is 1.95. The summed E-state index contributed by atoms with van der Waals surface area (Å²) in [5.41, 5.74) is 0. The molecule has 0 aromatic carbocycles. The molecule has 0 aromatic rings. The summed E-state index contributed by atoms with van der Waals surface area (Å²) in [4.78, 5) is 45.0. The van der Waals surface area contributed by atoms with Crippen LogP contribution in [0.1, 0.15) is 13.8 Å². The number of thioether (sulfide) groups is 1. The molecule has 0 saturated carbocycles. The minimum absolute atomic E-state index is 0.0551. The van der Waals surface area contributed by atoms with Crippen molar-refractivity contribution in [2.75, 3.05) is 24.6 Å². The molecule has 0 bridgehead atoms. The molecule has 0 saturated heterocycles. The molecule has 0 spiro atoms. The molecule has 2 amide bonds. The summed E-state index contributed by atoms with van der Waals surface area (Å²) < 4.78 is 0. The number of aliphatic carboxylic acids is 2. The lowest BCUT2D eigenvalue weighted by Crippen LogP contribution is -2.47. The van der Waals surface area contributed by atoms with Crippen LogP contribution in [0, 0.1) is 0 Å². The van der Waals surface area contributed by atoms with Crippen molar-refractivity contribution in [2.24, 2.45) is 0 Å². The summed E-state index contributed by atoms with van der Waals surface area (Å²) >= 11 is 0.896. The van der Waals surface area contributed by atoms with Crippen LogP contribution in [0.3, 0.4) is 0 Å². The molecular formula is C11H18N2O6S. The number of rotatable bonds is 9. The van der Waals surface area contributed by atoms with Gasteiger partial charge in [-0.2, -0.15) is 0 Å². The monoisotopic (exact) mass is 306 g/mol. The maximum Gasteiger partial charge on any atom is 0.326 e. The van der Waals surface area contributed by atoms with Crippen LogP contribution in [0.2, 0.25) is 0 Å². The Morgan fingerprint density at radius 2 is 1.80 bits per heavy atom. The molecule has 9 heteroatoms. The molecule has 0 aliphatic heterocycles. The lowest BCUT2D eigenvalue weighted by Gasteiger charge is -2.26. The molecule has 0 rings (SSSR count). The Hall–Kier alpha value is -1.77. The largest absolute Gasteiger partial charge is 0.481 e. The van der Waals surface area contributed by atoms with Crippen LogP contribution < -0.4 is 5.32 Å². The lowest BCUT2D eigenvalue weighted by molar-refractivity contribution is -0.148. The third-order valence-corrected chi connectivity index (χ3v) is 3.23. The number of hydrogen-bond acceptors (Lipinski definition) is 5. The van der Waals surface area contributed by atoms with E-state index in [4.69, 9.17) is 10.2 Å². The normalized spacial score (nSPS) is 11.5. The van der Waals surface area contributed by atoms with E-state index < -0.39 is 23.9 Å². The Kier molecular flexibility index (Phi) is 8.37. The molecule has 0 aliphatic carbocycles. The third kappa shape index (κ3) is 7.62. The molecule has 8 nitrogen and oxygen atoms in total. The van der Waals surface area contributed by atoms with Gasteiger partial charge in [0.15, 0.2) is 0 Å². The number of nitrogens with one attached hydrogen (secondary N) is 1. The summed E-state index contributed by atoms with van der Waals surface area (Å²) in [5.74, 6) is -3.31. The first kappa shape index (κ1) is 18.2. The quantitative estimate of drug-likeness (QED) is 0.511. The van der Waals surface area contributed by atoms with E-state index in [1.54, 1.807) is 0 Å². The van der Waals surface area contributed by atoms with Crippen LogP contribution in [0.25, 0.3) is 0 Å². The van der Waals surface area contributed by atoms with Gasteiger partial charge in [0, 0.05) is 20.0 Å². The van der Waals surface area contributed by atoms with Gasteiger partial charge in [-0.1, -0.05) is 0 Å². The van der Waals surface area contributed by atoms with E-state index in [9.17, 15) is 19.2 Å². The summed E-state index contributed by atoms with van der Waals surface area (Å²) in [7, 11) is 0. The second kappa shape index (κ2) is 9.18. The van der Waals surface area contributed by atoms with Gasteiger partial charge in [0.05, 0.1) is 11.5 Å². The van der Waals surface area contributed by atoms with E-state index in [1.807, 2.05) is 0 Å². The van der Waals surface area contributed by atoms with E-state index >= 15 is 0 Å². The van der Waals surface area contributed by atoms with Crippen molar-refractivity contribution in [3.05, 3.63) is 0 Å². The molecular weight excluding hydrogens is 288 g/mol. The van der Waals surface area contributed by atoms with E-state index in [0.717, 1.165) is 16.7 Å². The van der Waals surface area contributed by atoms with Gasteiger partial charge in [0.2, 0.25) is 11.8 Å². The van der Waals surface area contributed by atoms with E-state index in [2.05, 4.69) is 5.32 Å². The van der Waals surface area contributed by atoms with Crippen molar-refractivity contribution in [2.45, 2.75) is 19.9 Å². The molecule has 3 N–H and O–H groups in total. The van der Waals surface area contributed by atoms with Crippen LogP contribution in [0.5, 0.6) is 0 Å². The predicted octanol–water partition coefficient (Wildman–Crippen LogP) is -0.758. The predicted molar refractivity (Wildman–Crippen MR) is 72.5 cm³/mol. The first-order chi connectivity index (χ1) is 9.25. The number of hydrogen-bond donors (Lipinski definition) is 3. The minimum atomic E-state index is -1.16. The molecule has 0 aromatic heterocycles. The van der Waals surface area contributed by atoms with Crippen molar-refractivity contribution in [3.8, 4) is 0 Å². The summed E-state index contributed by atoms with van der Waals surface area (Å²) in [5, 5.41) is 19.9. The molecule has 1 atom stereocenters. The van der Waals surface area contributed by atoms with Gasteiger partial charge in [0.25, 0.3) is 0 Å². The van der Waals surface area contributed by atoms with Gasteiger partial charge >= 0.3 is 11.9 Å². The Morgan fingerprint density at radius 1 is 1.20 bits per heavy atom. The highest BCUT2D eigenvalue weighted by Crippen LogP contribution is 2.06. The Balaban J connectivity index is 4.49. The van der Waals surface area contributed by atoms with Gasteiger partial charge in [-0.05, 0) is 6.92 Å². The van der Waals surface area contributed by atoms with Gasteiger partial charge in [-0.15, -0.1) is 11.8 Å². The molecule has 0 aliphatic rings. The zero-order valence-electron chi connectivity index (χ0n) is 11.3. The third-order valence-electron chi connectivity index (χ3n) is 2.32. The molecule has 114 valence electrons. The second-order valence-electron chi connectivity index (χ2n) is 3.97. The number of carbonyl (C=O) groups excluding carboxylic acids is 2. The standard InChI is InChI=1S/C11H18N2O6S/c1-7(11(18)19)13(4-3-12-8(2)14)9(15)5-20-6-10(16)17/h7H,3-6H2,1-2H3,(H,12,14)(H,16,17)(H,18,19). The number of nitrogens with zero attached hydrogens (tertiary/aromatic N) is 1. The summed E-state index contributed by atoms with van der Waals surface area (Å²) in [6.07, 6.45) is 0. The molecule has 0 radical (unpaired) electrons. The number of carbonyl (C=O) groups is 4. The van der Waals surface area contributed by atoms with Crippen molar-refractivity contribution < 1.29 is 29.4 Å². The Morgan fingerprint density at radius 3 is 2.25 bits per heavy atom. The highest BCUT2D eigenvalue weighted by Gasteiger charge is 2.25. The van der Waals surface area contributed by atoms with Crippen molar-refractivity contribution in [1.29, 1.82) is 0 Å². The van der Waals surface area contributed by atoms with Crippen LogP contribution >= 0.6 is 11.8 Å². The molecule has 20 heavy (non-hydrogen) atoms. The highest BCUT2D eigenvalue weighted by molar-refractivity contribution is 8.00. The van der Waals surface area contributed by atoms with Crippen molar-refractivity contribution in [1.82, 2.24) is 10.2 Å². The van der Waals surface area contributed by atoms with Crippen molar-refractivity contribution >= 4 is 35.5 Å². The number of amides is 2. The summed E-state index contributed by atoms with van der Waals surface area (Å²) in [6, 6.07) is -1.04. The smallest absolute Gasteiger partial charge is 0.326 e. The number of carboxylic acids is 2. The Labute approximate surface area is 120 Å². The lowest BCUT2D eigenvalue weighted by atomic mass is 10.3. The van der Waals surface area contributed by atoms with E-state index in [1.165, 1.54) is 13.8 Å².